The molecule has 0 saturated carbocycles. The minimum atomic E-state index is -0.998. The first kappa shape index (κ1) is 24.3. The Bertz CT molecular complexity index is 1500. The minimum Gasteiger partial charge on any atom is -0.481 e. The summed E-state index contributed by atoms with van der Waals surface area (Å²) < 4.78 is 8.19. The SMILES string of the molecule is CCc1oc2ccc(Nc3nc(=O)n(CCCC(=O)O)c(=O)n3Cc3ccc(Cl)cc3)cc2c1C. The summed E-state index contributed by atoms with van der Waals surface area (Å²) >= 11 is 5.99. The Morgan fingerprint density at radius 2 is 1.89 bits per heavy atom. The van der Waals surface area contributed by atoms with Crippen LogP contribution in [0.15, 0.2) is 56.5 Å². The molecule has 0 spiro atoms. The number of hydrogen-bond acceptors (Lipinski definition) is 6. The van der Waals surface area contributed by atoms with Gasteiger partial charge in [-0.2, -0.15) is 4.98 Å². The summed E-state index contributed by atoms with van der Waals surface area (Å²) in [4.78, 5) is 41.0. The fourth-order valence-corrected chi connectivity index (χ4v) is 4.06. The van der Waals surface area contributed by atoms with E-state index in [0.29, 0.717) is 10.7 Å². The molecule has 35 heavy (non-hydrogen) atoms. The zero-order chi connectivity index (χ0) is 25.1. The molecule has 0 radical (unpaired) electrons. The lowest BCUT2D eigenvalue weighted by Gasteiger charge is -2.16. The molecule has 4 rings (SSSR count). The standard InChI is InChI=1S/C25H25ClN4O5/c1-3-20-15(2)19-13-18(10-11-21(19)35-20)27-23-28-24(33)29(12-4-5-22(31)32)25(34)30(23)14-16-6-8-17(26)9-7-16/h6-11,13H,3-5,12,14H2,1-2H3,(H,31,32)(H,27,28,33). The summed E-state index contributed by atoms with van der Waals surface area (Å²) in [5.74, 6) is -0.0125. The summed E-state index contributed by atoms with van der Waals surface area (Å²) in [5.41, 5.74) is 1.89. The molecular formula is C25H25ClN4O5. The summed E-state index contributed by atoms with van der Waals surface area (Å²) in [6, 6.07) is 12.5. The van der Waals surface area contributed by atoms with Crippen molar-refractivity contribution in [2.24, 2.45) is 0 Å². The highest BCUT2D eigenvalue weighted by Gasteiger charge is 2.16. The smallest absolute Gasteiger partial charge is 0.354 e. The maximum Gasteiger partial charge on any atom is 0.354 e. The molecule has 0 fully saturated rings. The molecule has 0 atom stereocenters. The first-order valence-electron chi connectivity index (χ1n) is 11.2. The van der Waals surface area contributed by atoms with Crippen LogP contribution in [-0.2, 0) is 24.3 Å². The van der Waals surface area contributed by atoms with Crippen LogP contribution in [0, 0.1) is 6.92 Å². The van der Waals surface area contributed by atoms with Crippen LogP contribution in [-0.4, -0.2) is 25.2 Å². The number of nitrogens with one attached hydrogen (secondary N) is 1. The van der Waals surface area contributed by atoms with Crippen molar-refractivity contribution in [3.8, 4) is 0 Å². The zero-order valence-corrected chi connectivity index (χ0v) is 20.1. The van der Waals surface area contributed by atoms with Crippen molar-refractivity contribution >= 4 is 40.2 Å². The molecule has 0 saturated heterocycles. The first-order chi connectivity index (χ1) is 16.8. The Morgan fingerprint density at radius 3 is 2.57 bits per heavy atom. The number of anilines is 2. The van der Waals surface area contributed by atoms with E-state index in [0.717, 1.165) is 38.8 Å². The number of fused-ring (bicyclic) bond motifs is 1. The molecule has 2 heterocycles. The van der Waals surface area contributed by atoms with Gasteiger partial charge in [-0.15, -0.1) is 0 Å². The van der Waals surface area contributed by atoms with Gasteiger partial charge >= 0.3 is 17.3 Å². The van der Waals surface area contributed by atoms with E-state index >= 15 is 0 Å². The Hall–Kier alpha value is -3.85. The van der Waals surface area contributed by atoms with Crippen LogP contribution in [0.4, 0.5) is 11.6 Å². The third kappa shape index (κ3) is 5.30. The lowest BCUT2D eigenvalue weighted by atomic mass is 10.1. The number of halogens is 1. The van der Waals surface area contributed by atoms with Crippen molar-refractivity contribution in [2.75, 3.05) is 5.32 Å². The monoisotopic (exact) mass is 496 g/mol. The van der Waals surface area contributed by atoms with Gasteiger partial charge in [0.2, 0.25) is 5.95 Å². The second kappa shape index (κ2) is 10.2. The number of carboxylic acid groups (broad SMARTS) is 1. The number of benzene rings is 2. The number of carboxylic acids is 1. The third-order valence-corrected chi connectivity index (χ3v) is 6.04. The zero-order valence-electron chi connectivity index (χ0n) is 19.4. The van der Waals surface area contributed by atoms with Crippen LogP contribution < -0.4 is 16.7 Å². The number of nitrogens with zero attached hydrogens (tertiary/aromatic N) is 3. The lowest BCUT2D eigenvalue weighted by molar-refractivity contribution is -0.137. The molecule has 0 aliphatic rings. The van der Waals surface area contributed by atoms with Gasteiger partial charge < -0.3 is 14.8 Å². The number of aliphatic carboxylic acids is 1. The third-order valence-electron chi connectivity index (χ3n) is 5.79. The maximum atomic E-state index is 13.3. The number of carbonyl (C=O) groups is 1. The van der Waals surface area contributed by atoms with E-state index in [4.69, 9.17) is 21.1 Å². The summed E-state index contributed by atoms with van der Waals surface area (Å²) in [6.45, 7) is 4.10. The summed E-state index contributed by atoms with van der Waals surface area (Å²) in [6.07, 6.45) is 0.745. The average Bonchev–Trinajstić information content (AvgIpc) is 3.14. The van der Waals surface area contributed by atoms with Gasteiger partial charge in [0.1, 0.15) is 11.3 Å². The number of furan rings is 1. The van der Waals surface area contributed by atoms with Gasteiger partial charge in [-0.1, -0.05) is 30.7 Å². The number of aromatic nitrogens is 3. The van der Waals surface area contributed by atoms with E-state index in [1.807, 2.05) is 26.0 Å². The number of rotatable bonds is 9. The van der Waals surface area contributed by atoms with Gasteiger partial charge in [0, 0.05) is 35.5 Å². The lowest BCUT2D eigenvalue weighted by Crippen LogP contribution is -2.42. The summed E-state index contributed by atoms with van der Waals surface area (Å²) in [5, 5.41) is 13.5. The Labute approximate surface area is 205 Å². The van der Waals surface area contributed by atoms with Gasteiger partial charge in [0.15, 0.2) is 0 Å². The van der Waals surface area contributed by atoms with Gasteiger partial charge in [0.25, 0.3) is 0 Å². The molecule has 0 aliphatic carbocycles. The Kier molecular flexibility index (Phi) is 7.07. The normalized spacial score (nSPS) is 11.2. The second-order valence-corrected chi connectivity index (χ2v) is 8.64. The molecule has 0 unspecified atom stereocenters. The highest BCUT2D eigenvalue weighted by atomic mass is 35.5. The van der Waals surface area contributed by atoms with E-state index in [1.54, 1.807) is 30.3 Å². The summed E-state index contributed by atoms with van der Waals surface area (Å²) in [7, 11) is 0. The molecule has 2 aromatic heterocycles. The van der Waals surface area contributed by atoms with Crippen LogP contribution in [0.3, 0.4) is 0 Å². The number of aryl methyl sites for hydroxylation is 2. The van der Waals surface area contributed by atoms with Crippen LogP contribution in [0.1, 0.15) is 36.7 Å². The van der Waals surface area contributed by atoms with Crippen molar-refractivity contribution in [3.63, 3.8) is 0 Å². The highest BCUT2D eigenvalue weighted by molar-refractivity contribution is 6.30. The Balaban J connectivity index is 1.75. The first-order valence-corrected chi connectivity index (χ1v) is 11.6. The fourth-order valence-electron chi connectivity index (χ4n) is 3.94. The van der Waals surface area contributed by atoms with Crippen LogP contribution >= 0.6 is 11.6 Å². The van der Waals surface area contributed by atoms with Gasteiger partial charge in [-0.05, 0) is 54.8 Å². The van der Waals surface area contributed by atoms with E-state index in [9.17, 15) is 14.4 Å². The minimum absolute atomic E-state index is 0.0438. The fraction of sp³-hybridized carbons (Fsp3) is 0.280. The van der Waals surface area contributed by atoms with Crippen molar-refractivity contribution in [3.05, 3.63) is 85.3 Å². The van der Waals surface area contributed by atoms with Crippen LogP contribution in [0.2, 0.25) is 5.02 Å². The maximum absolute atomic E-state index is 13.3. The molecule has 10 heteroatoms. The molecule has 0 amide bonds. The van der Waals surface area contributed by atoms with E-state index in [-0.39, 0.29) is 31.9 Å². The molecule has 4 aromatic rings. The van der Waals surface area contributed by atoms with Crippen molar-refractivity contribution in [1.82, 2.24) is 14.1 Å². The van der Waals surface area contributed by atoms with Crippen molar-refractivity contribution in [1.29, 1.82) is 0 Å². The quantitative estimate of drug-likeness (QED) is 0.354. The highest BCUT2D eigenvalue weighted by Crippen LogP contribution is 2.29. The second-order valence-electron chi connectivity index (χ2n) is 8.20. The molecule has 0 bridgehead atoms. The van der Waals surface area contributed by atoms with Gasteiger partial charge in [-0.25, -0.2) is 14.2 Å². The van der Waals surface area contributed by atoms with E-state index in [2.05, 4.69) is 10.3 Å². The van der Waals surface area contributed by atoms with Crippen molar-refractivity contribution < 1.29 is 14.3 Å². The van der Waals surface area contributed by atoms with Gasteiger partial charge in [0.05, 0.1) is 6.54 Å². The molecule has 2 N–H and O–H groups in total. The molecule has 182 valence electrons. The van der Waals surface area contributed by atoms with Crippen LogP contribution in [0.25, 0.3) is 11.0 Å². The van der Waals surface area contributed by atoms with Gasteiger partial charge in [-0.3, -0.25) is 9.36 Å². The van der Waals surface area contributed by atoms with Crippen molar-refractivity contribution in [2.45, 2.75) is 46.2 Å². The molecule has 0 aliphatic heterocycles. The van der Waals surface area contributed by atoms with E-state index < -0.39 is 17.3 Å². The number of hydrogen-bond donors (Lipinski definition) is 2. The topological polar surface area (TPSA) is 119 Å². The van der Waals surface area contributed by atoms with Crippen LogP contribution in [0.5, 0.6) is 0 Å². The molecule has 2 aromatic carbocycles. The molecular weight excluding hydrogens is 472 g/mol. The predicted molar refractivity (Wildman–Crippen MR) is 134 cm³/mol. The molecule has 9 nitrogen and oxygen atoms in total. The largest absolute Gasteiger partial charge is 0.481 e. The van der Waals surface area contributed by atoms with E-state index in [1.165, 1.54) is 4.57 Å². The average molecular weight is 497 g/mol. The Morgan fingerprint density at radius 1 is 1.14 bits per heavy atom. The predicted octanol–water partition coefficient (Wildman–Crippen LogP) is 4.33.